The Hall–Kier alpha value is -1.59. The van der Waals surface area contributed by atoms with Crippen molar-refractivity contribution in [2.24, 2.45) is 11.1 Å². The van der Waals surface area contributed by atoms with Gasteiger partial charge >= 0.3 is 5.69 Å². The molecule has 1 aliphatic carbocycles. The maximum absolute atomic E-state index is 11.3. The molecule has 1 aromatic carbocycles. The summed E-state index contributed by atoms with van der Waals surface area (Å²) in [6.07, 6.45) is 2.35. The highest BCUT2D eigenvalue weighted by Gasteiger charge is 2.49. The first-order valence-corrected chi connectivity index (χ1v) is 6.64. The van der Waals surface area contributed by atoms with Crippen LogP contribution in [0.5, 0.6) is 0 Å². The molecule has 0 spiro atoms. The summed E-state index contributed by atoms with van der Waals surface area (Å²) in [6.45, 7) is 0.706. The van der Waals surface area contributed by atoms with E-state index in [-0.39, 0.29) is 11.1 Å². The molecule has 0 saturated heterocycles. The van der Waals surface area contributed by atoms with E-state index in [0.717, 1.165) is 11.0 Å². The number of fused-ring (bicyclic) bond motifs is 1. The molecule has 1 saturated carbocycles. The molecule has 1 heterocycles. The van der Waals surface area contributed by atoms with E-state index >= 15 is 0 Å². The van der Waals surface area contributed by atoms with E-state index in [2.05, 4.69) is 41.1 Å². The van der Waals surface area contributed by atoms with Crippen LogP contribution in [-0.2, 0) is 0 Å². The predicted molar refractivity (Wildman–Crippen MR) is 76.1 cm³/mol. The molecular weight excluding hydrogens is 240 g/mol. The van der Waals surface area contributed by atoms with Crippen molar-refractivity contribution in [1.29, 1.82) is 0 Å². The summed E-state index contributed by atoms with van der Waals surface area (Å²) in [5, 5.41) is 0. The minimum Gasteiger partial charge on any atom is -0.330 e. The van der Waals surface area contributed by atoms with E-state index in [1.54, 1.807) is 0 Å². The number of hydrogen-bond donors (Lipinski definition) is 3. The van der Waals surface area contributed by atoms with Gasteiger partial charge in [0.15, 0.2) is 0 Å². The molecule has 2 aromatic rings. The molecule has 1 fully saturated rings. The second-order valence-corrected chi connectivity index (χ2v) is 5.82. The van der Waals surface area contributed by atoms with E-state index in [9.17, 15) is 4.79 Å². The van der Waals surface area contributed by atoms with Gasteiger partial charge in [-0.25, -0.2) is 4.79 Å². The van der Waals surface area contributed by atoms with Gasteiger partial charge in [0, 0.05) is 11.5 Å². The normalized spacial score (nSPS) is 18.9. The molecule has 19 heavy (non-hydrogen) atoms. The van der Waals surface area contributed by atoms with E-state index in [1.165, 1.54) is 18.4 Å². The lowest BCUT2D eigenvalue weighted by atomic mass is 9.89. The molecule has 102 valence electrons. The number of benzene rings is 1. The summed E-state index contributed by atoms with van der Waals surface area (Å²) in [6, 6.07) is 6.42. The summed E-state index contributed by atoms with van der Waals surface area (Å²) in [4.78, 5) is 19.2. The highest BCUT2D eigenvalue weighted by atomic mass is 16.1. The number of nitrogens with one attached hydrogen (secondary N) is 2. The van der Waals surface area contributed by atoms with E-state index in [0.29, 0.717) is 12.6 Å². The lowest BCUT2D eigenvalue weighted by Gasteiger charge is -2.32. The van der Waals surface area contributed by atoms with Crippen molar-refractivity contribution >= 4 is 11.0 Å². The van der Waals surface area contributed by atoms with Gasteiger partial charge in [0.25, 0.3) is 0 Å². The molecule has 0 bridgehead atoms. The van der Waals surface area contributed by atoms with Crippen LogP contribution in [0.2, 0.25) is 0 Å². The molecule has 1 aliphatic rings. The maximum Gasteiger partial charge on any atom is 0.323 e. The number of nitrogens with two attached hydrogens (primary N) is 1. The zero-order valence-electron chi connectivity index (χ0n) is 11.4. The minimum atomic E-state index is -0.159. The maximum atomic E-state index is 11.3. The second kappa shape index (κ2) is 4.21. The van der Waals surface area contributed by atoms with Crippen molar-refractivity contribution in [2.45, 2.75) is 18.9 Å². The van der Waals surface area contributed by atoms with Crippen molar-refractivity contribution in [3.05, 3.63) is 34.2 Å². The van der Waals surface area contributed by atoms with Gasteiger partial charge in [0.05, 0.1) is 11.0 Å². The van der Waals surface area contributed by atoms with Crippen molar-refractivity contribution in [3.63, 3.8) is 0 Å². The third-order valence-corrected chi connectivity index (χ3v) is 4.25. The molecule has 5 nitrogen and oxygen atoms in total. The van der Waals surface area contributed by atoms with Crippen LogP contribution in [0, 0.1) is 5.41 Å². The third kappa shape index (κ3) is 1.99. The Balaban J connectivity index is 2.07. The van der Waals surface area contributed by atoms with Crippen LogP contribution >= 0.6 is 0 Å². The lowest BCUT2D eigenvalue weighted by molar-refractivity contribution is 0.198. The molecule has 5 heteroatoms. The fourth-order valence-corrected chi connectivity index (χ4v) is 3.17. The Morgan fingerprint density at radius 1 is 1.32 bits per heavy atom. The van der Waals surface area contributed by atoms with E-state index < -0.39 is 0 Å². The molecule has 0 radical (unpaired) electrons. The van der Waals surface area contributed by atoms with Crippen LogP contribution in [0.3, 0.4) is 0 Å². The molecule has 0 aliphatic heterocycles. The lowest BCUT2D eigenvalue weighted by Crippen LogP contribution is -2.33. The van der Waals surface area contributed by atoms with Crippen molar-refractivity contribution in [1.82, 2.24) is 14.9 Å². The van der Waals surface area contributed by atoms with Gasteiger partial charge in [0.1, 0.15) is 0 Å². The number of hydrogen-bond acceptors (Lipinski definition) is 3. The highest BCUT2D eigenvalue weighted by Crippen LogP contribution is 2.56. The number of imidazole rings is 1. The predicted octanol–water partition coefficient (Wildman–Crippen LogP) is 1.20. The standard InChI is InChI=1S/C14H20N4O/c1-18(2)12(14(8-15)5-6-14)9-3-4-10-11(7-9)17-13(19)16-10/h3-4,7,12H,5-6,8,15H2,1-2H3,(H2,16,17,19). The first-order chi connectivity index (χ1) is 9.05. The average molecular weight is 260 g/mol. The number of rotatable bonds is 4. The van der Waals surface area contributed by atoms with Gasteiger partial charge in [-0.1, -0.05) is 6.07 Å². The zero-order chi connectivity index (χ0) is 13.6. The Morgan fingerprint density at radius 3 is 2.58 bits per heavy atom. The quantitative estimate of drug-likeness (QED) is 0.773. The topological polar surface area (TPSA) is 77.9 Å². The van der Waals surface area contributed by atoms with Crippen LogP contribution in [0.4, 0.5) is 0 Å². The summed E-state index contributed by atoms with van der Waals surface area (Å²) >= 11 is 0. The molecule has 0 amide bonds. The molecular formula is C14H20N4O. The Bertz CT molecular complexity index is 651. The van der Waals surface area contributed by atoms with Crippen molar-refractivity contribution < 1.29 is 0 Å². The van der Waals surface area contributed by atoms with Gasteiger partial charge in [-0.15, -0.1) is 0 Å². The highest BCUT2D eigenvalue weighted by molar-refractivity contribution is 5.75. The van der Waals surface area contributed by atoms with E-state index in [4.69, 9.17) is 5.73 Å². The smallest absolute Gasteiger partial charge is 0.323 e. The number of H-pyrrole nitrogens is 2. The molecule has 1 unspecified atom stereocenters. The number of nitrogens with zero attached hydrogens (tertiary/aromatic N) is 1. The van der Waals surface area contributed by atoms with Gasteiger partial charge < -0.3 is 20.6 Å². The van der Waals surface area contributed by atoms with E-state index in [1.807, 2.05) is 6.07 Å². The molecule has 1 aromatic heterocycles. The molecule has 4 N–H and O–H groups in total. The summed E-state index contributed by atoms with van der Waals surface area (Å²) in [5.41, 5.74) is 8.95. The Labute approximate surface area is 111 Å². The number of aromatic nitrogens is 2. The summed E-state index contributed by atoms with van der Waals surface area (Å²) in [7, 11) is 4.18. The van der Waals surface area contributed by atoms with Gasteiger partial charge in [-0.2, -0.15) is 0 Å². The Kier molecular flexibility index (Phi) is 2.76. The first-order valence-electron chi connectivity index (χ1n) is 6.64. The van der Waals surface area contributed by atoms with Crippen LogP contribution in [0.15, 0.2) is 23.0 Å². The SMILES string of the molecule is CN(C)C(c1ccc2[nH]c(=O)[nH]c2c1)C1(CN)CC1. The van der Waals surface area contributed by atoms with Crippen LogP contribution in [0.25, 0.3) is 11.0 Å². The zero-order valence-corrected chi connectivity index (χ0v) is 11.4. The number of aromatic amines is 2. The first kappa shape index (κ1) is 12.4. The van der Waals surface area contributed by atoms with Crippen LogP contribution < -0.4 is 11.4 Å². The average Bonchev–Trinajstić information content (AvgIpc) is 3.04. The fraction of sp³-hybridized carbons (Fsp3) is 0.500. The van der Waals surface area contributed by atoms with Crippen LogP contribution in [0.1, 0.15) is 24.4 Å². The van der Waals surface area contributed by atoms with Crippen molar-refractivity contribution in [3.8, 4) is 0 Å². The van der Waals surface area contributed by atoms with Crippen LogP contribution in [-0.4, -0.2) is 35.5 Å². The fourth-order valence-electron chi connectivity index (χ4n) is 3.17. The minimum absolute atomic E-state index is 0.159. The van der Waals surface area contributed by atoms with Gasteiger partial charge in [-0.05, 0) is 51.2 Å². The largest absolute Gasteiger partial charge is 0.330 e. The molecule has 1 atom stereocenters. The van der Waals surface area contributed by atoms with Gasteiger partial charge in [-0.3, -0.25) is 0 Å². The summed E-state index contributed by atoms with van der Waals surface area (Å²) in [5.74, 6) is 0. The third-order valence-electron chi connectivity index (χ3n) is 4.25. The monoisotopic (exact) mass is 260 g/mol. The molecule has 3 rings (SSSR count). The second-order valence-electron chi connectivity index (χ2n) is 5.82. The van der Waals surface area contributed by atoms with Crippen molar-refractivity contribution in [2.75, 3.05) is 20.6 Å². The van der Waals surface area contributed by atoms with Gasteiger partial charge in [0.2, 0.25) is 0 Å². The summed E-state index contributed by atoms with van der Waals surface area (Å²) < 4.78 is 0. The Morgan fingerprint density at radius 2 is 2.00 bits per heavy atom.